The molecule has 0 aliphatic rings. The van der Waals surface area contributed by atoms with E-state index >= 15 is 0 Å². The van der Waals surface area contributed by atoms with Crippen molar-refractivity contribution in [2.24, 2.45) is 0 Å². The zero-order chi connectivity index (χ0) is 15.9. The normalized spacial score (nSPS) is 12.1. The van der Waals surface area contributed by atoms with Gasteiger partial charge in [0.2, 0.25) is 0 Å². The largest absolute Gasteiger partial charge is 0.346 e. The molecule has 2 rings (SSSR count). The van der Waals surface area contributed by atoms with Crippen LogP contribution in [-0.2, 0) is 0 Å². The number of carbonyl (C=O) groups excluding carboxylic acids is 1. The fraction of sp³-hybridized carbons (Fsp3) is 0.467. The van der Waals surface area contributed by atoms with Crippen LogP contribution in [0.2, 0.25) is 0 Å². The van der Waals surface area contributed by atoms with Gasteiger partial charge in [-0.2, -0.15) is 4.98 Å². The minimum absolute atomic E-state index is 0.157. The van der Waals surface area contributed by atoms with Crippen molar-refractivity contribution in [2.45, 2.75) is 45.4 Å². The number of unbranched alkanes of at least 4 members (excludes halogenated alkanes) is 1. The molecule has 0 radical (unpaired) electrons. The highest BCUT2D eigenvalue weighted by molar-refractivity contribution is 5.84. The lowest BCUT2D eigenvalue weighted by atomic mass is 9.95. The van der Waals surface area contributed by atoms with Crippen LogP contribution in [0.4, 0.5) is 4.79 Å². The molecule has 2 aromatic rings. The molecule has 2 aromatic heterocycles. The summed E-state index contributed by atoms with van der Waals surface area (Å²) in [6, 6.07) is 1.09. The van der Waals surface area contributed by atoms with Gasteiger partial charge in [0.05, 0.1) is 0 Å². The van der Waals surface area contributed by atoms with Crippen LogP contribution < -0.4 is 11.0 Å². The molecule has 0 saturated heterocycles. The molecular weight excluding hydrogens is 282 g/mol. The molecule has 7 heteroatoms. The average Bonchev–Trinajstić information content (AvgIpc) is 3.01. The third kappa shape index (κ3) is 3.81. The third-order valence-corrected chi connectivity index (χ3v) is 3.62. The number of aromatic nitrogens is 4. The SMILES string of the molecule is CCCCC(CC)c1cc(=O)ncn1C(=O)Nn1ccnc1. The Bertz CT molecular complexity index is 663. The van der Waals surface area contributed by atoms with Crippen molar-refractivity contribution in [3.63, 3.8) is 0 Å². The maximum absolute atomic E-state index is 12.4. The minimum atomic E-state index is -0.365. The molecule has 1 amide bonds. The smallest absolute Gasteiger partial charge is 0.267 e. The van der Waals surface area contributed by atoms with E-state index < -0.39 is 0 Å². The van der Waals surface area contributed by atoms with Crippen LogP contribution >= 0.6 is 0 Å². The Morgan fingerprint density at radius 1 is 1.36 bits per heavy atom. The van der Waals surface area contributed by atoms with Crippen LogP contribution in [0.3, 0.4) is 0 Å². The van der Waals surface area contributed by atoms with Crippen molar-refractivity contribution >= 4 is 6.03 Å². The first-order valence-corrected chi connectivity index (χ1v) is 7.53. The quantitative estimate of drug-likeness (QED) is 0.888. The molecule has 22 heavy (non-hydrogen) atoms. The van der Waals surface area contributed by atoms with Crippen molar-refractivity contribution in [1.29, 1.82) is 0 Å². The second kappa shape index (κ2) is 7.53. The van der Waals surface area contributed by atoms with Crippen LogP contribution in [0, 0.1) is 0 Å². The van der Waals surface area contributed by atoms with E-state index in [0.29, 0.717) is 5.69 Å². The van der Waals surface area contributed by atoms with Gasteiger partial charge in [-0.05, 0) is 18.8 Å². The van der Waals surface area contributed by atoms with Gasteiger partial charge < -0.3 is 0 Å². The summed E-state index contributed by atoms with van der Waals surface area (Å²) in [5.41, 5.74) is 3.05. The van der Waals surface area contributed by atoms with Gasteiger partial charge in [-0.1, -0.05) is 26.7 Å². The highest BCUT2D eigenvalue weighted by Gasteiger charge is 2.17. The van der Waals surface area contributed by atoms with E-state index in [4.69, 9.17) is 0 Å². The summed E-state index contributed by atoms with van der Waals surface area (Å²) >= 11 is 0. The highest BCUT2D eigenvalue weighted by atomic mass is 16.2. The predicted molar refractivity (Wildman–Crippen MR) is 83.4 cm³/mol. The van der Waals surface area contributed by atoms with Crippen LogP contribution in [-0.4, -0.2) is 25.2 Å². The summed E-state index contributed by atoms with van der Waals surface area (Å²) in [5.74, 6) is 0.157. The van der Waals surface area contributed by atoms with E-state index in [1.807, 2.05) is 0 Å². The summed E-state index contributed by atoms with van der Waals surface area (Å²) < 4.78 is 2.86. The molecule has 0 aromatic carbocycles. The van der Waals surface area contributed by atoms with E-state index in [-0.39, 0.29) is 17.5 Å². The number of nitrogens with one attached hydrogen (secondary N) is 1. The molecule has 2 heterocycles. The Morgan fingerprint density at radius 2 is 2.18 bits per heavy atom. The maximum atomic E-state index is 12.4. The number of hydrogen-bond acceptors (Lipinski definition) is 4. The Balaban J connectivity index is 2.30. The monoisotopic (exact) mass is 303 g/mol. The molecule has 1 unspecified atom stereocenters. The first kappa shape index (κ1) is 15.9. The molecule has 0 saturated carbocycles. The second-order valence-electron chi connectivity index (χ2n) is 5.16. The average molecular weight is 303 g/mol. The summed E-state index contributed by atoms with van der Waals surface area (Å²) in [5, 5.41) is 0. The van der Waals surface area contributed by atoms with Gasteiger partial charge in [-0.25, -0.2) is 19.9 Å². The minimum Gasteiger partial charge on any atom is -0.267 e. The zero-order valence-corrected chi connectivity index (χ0v) is 12.9. The Morgan fingerprint density at radius 3 is 2.82 bits per heavy atom. The van der Waals surface area contributed by atoms with Crippen molar-refractivity contribution < 1.29 is 4.79 Å². The lowest BCUT2D eigenvalue weighted by Gasteiger charge is -2.19. The van der Waals surface area contributed by atoms with Gasteiger partial charge in [-0.15, -0.1) is 0 Å². The van der Waals surface area contributed by atoms with E-state index in [0.717, 1.165) is 25.7 Å². The van der Waals surface area contributed by atoms with E-state index in [1.165, 1.54) is 28.0 Å². The van der Waals surface area contributed by atoms with Gasteiger partial charge in [0.15, 0.2) is 0 Å². The van der Waals surface area contributed by atoms with E-state index in [2.05, 4.69) is 29.2 Å². The molecule has 0 fully saturated rings. The zero-order valence-electron chi connectivity index (χ0n) is 12.9. The van der Waals surface area contributed by atoms with E-state index in [9.17, 15) is 9.59 Å². The molecule has 0 bridgehead atoms. The van der Waals surface area contributed by atoms with Crippen LogP contribution in [0.1, 0.15) is 51.1 Å². The Labute approximate surface area is 129 Å². The van der Waals surface area contributed by atoms with Crippen molar-refractivity contribution in [1.82, 2.24) is 19.2 Å². The summed E-state index contributed by atoms with van der Waals surface area (Å²) in [4.78, 5) is 31.6. The van der Waals surface area contributed by atoms with Gasteiger partial charge >= 0.3 is 6.03 Å². The molecule has 1 N–H and O–H groups in total. The number of amides is 1. The molecular formula is C15H21N5O2. The van der Waals surface area contributed by atoms with Crippen LogP contribution in [0.25, 0.3) is 0 Å². The molecule has 0 aliphatic carbocycles. The fourth-order valence-electron chi connectivity index (χ4n) is 2.40. The third-order valence-electron chi connectivity index (χ3n) is 3.62. The number of hydrogen-bond donors (Lipinski definition) is 1. The van der Waals surface area contributed by atoms with Gasteiger partial charge in [0, 0.05) is 24.2 Å². The second-order valence-corrected chi connectivity index (χ2v) is 5.16. The lowest BCUT2D eigenvalue weighted by Crippen LogP contribution is -2.31. The summed E-state index contributed by atoms with van der Waals surface area (Å²) in [6.07, 6.45) is 9.91. The number of carbonyl (C=O) groups is 1. The lowest BCUT2D eigenvalue weighted by molar-refractivity contribution is 0.249. The van der Waals surface area contributed by atoms with Crippen LogP contribution in [0.15, 0.2) is 35.9 Å². The summed E-state index contributed by atoms with van der Waals surface area (Å²) in [6.45, 7) is 4.18. The predicted octanol–water partition coefficient (Wildman–Crippen LogP) is 2.34. The maximum Gasteiger partial charge on any atom is 0.346 e. The van der Waals surface area contributed by atoms with Gasteiger partial charge in [0.1, 0.15) is 12.7 Å². The van der Waals surface area contributed by atoms with Crippen molar-refractivity contribution in [3.05, 3.63) is 47.2 Å². The van der Waals surface area contributed by atoms with Gasteiger partial charge in [-0.3, -0.25) is 9.36 Å². The molecule has 118 valence electrons. The van der Waals surface area contributed by atoms with Crippen molar-refractivity contribution in [3.8, 4) is 0 Å². The first-order valence-electron chi connectivity index (χ1n) is 7.53. The van der Waals surface area contributed by atoms with E-state index in [1.54, 1.807) is 12.4 Å². The molecule has 0 spiro atoms. The Kier molecular flexibility index (Phi) is 5.46. The Hall–Kier alpha value is -2.44. The number of nitrogens with zero attached hydrogens (tertiary/aromatic N) is 4. The number of rotatable bonds is 6. The first-order chi connectivity index (χ1) is 10.7. The number of imidazole rings is 1. The topological polar surface area (TPSA) is 81.8 Å². The molecule has 7 nitrogen and oxygen atoms in total. The fourth-order valence-corrected chi connectivity index (χ4v) is 2.40. The molecule has 1 atom stereocenters. The molecule has 0 aliphatic heterocycles. The van der Waals surface area contributed by atoms with Crippen LogP contribution in [0.5, 0.6) is 0 Å². The standard InChI is InChI=1S/C15H21N5O2/c1-3-5-6-12(4-2)13-9-14(21)17-11-20(13)15(22)18-19-8-7-16-10-19/h7-12H,3-6H2,1-2H3,(H,18,22). The van der Waals surface area contributed by atoms with Crippen molar-refractivity contribution in [2.75, 3.05) is 5.43 Å². The summed E-state index contributed by atoms with van der Waals surface area (Å²) in [7, 11) is 0. The highest BCUT2D eigenvalue weighted by Crippen LogP contribution is 2.24. The van der Waals surface area contributed by atoms with Gasteiger partial charge in [0.25, 0.3) is 5.56 Å².